The summed E-state index contributed by atoms with van der Waals surface area (Å²) in [6.45, 7) is 8.25. The number of furan rings is 1. The van der Waals surface area contributed by atoms with Gasteiger partial charge in [-0.25, -0.2) is 13.1 Å². The number of ether oxygens (including phenoxy) is 1. The molecule has 0 aliphatic carbocycles. The van der Waals surface area contributed by atoms with E-state index in [2.05, 4.69) is 26.0 Å². The molecule has 0 aromatic carbocycles. The van der Waals surface area contributed by atoms with Gasteiger partial charge in [0, 0.05) is 19.2 Å². The molecule has 0 atom stereocenters. The monoisotopic (exact) mass is 382 g/mol. The van der Waals surface area contributed by atoms with Crippen LogP contribution in [0, 0.1) is 0 Å². The number of methoxy groups -OCH3 is 1. The lowest BCUT2D eigenvalue weighted by molar-refractivity contribution is 0.141. The maximum Gasteiger partial charge on any atom is 0.245 e. The SMILES string of the molecule is COCC(C)(C)NS(=O)(=O)c1cc(CNC(C)C)oc1Br. The van der Waals surface area contributed by atoms with Gasteiger partial charge in [0.15, 0.2) is 4.67 Å². The van der Waals surface area contributed by atoms with Gasteiger partial charge in [-0.2, -0.15) is 0 Å². The standard InChI is InChI=1S/C13H23BrN2O4S/c1-9(2)15-7-10-6-11(12(14)20-10)21(17,18)16-13(3,4)8-19-5/h6,9,15-16H,7-8H2,1-5H3. The Hall–Kier alpha value is -0.410. The number of nitrogens with one attached hydrogen (secondary N) is 2. The summed E-state index contributed by atoms with van der Waals surface area (Å²) in [6, 6.07) is 1.80. The van der Waals surface area contributed by atoms with Crippen molar-refractivity contribution >= 4 is 26.0 Å². The van der Waals surface area contributed by atoms with Crippen LogP contribution in [0.25, 0.3) is 0 Å². The van der Waals surface area contributed by atoms with Crippen LogP contribution in [-0.4, -0.2) is 33.7 Å². The lowest BCUT2D eigenvalue weighted by Gasteiger charge is -2.24. The van der Waals surface area contributed by atoms with Crippen molar-refractivity contribution in [3.05, 3.63) is 16.5 Å². The summed E-state index contributed by atoms with van der Waals surface area (Å²) in [5, 5.41) is 3.17. The van der Waals surface area contributed by atoms with Gasteiger partial charge in [-0.1, -0.05) is 13.8 Å². The molecule has 2 N–H and O–H groups in total. The number of halogens is 1. The van der Waals surface area contributed by atoms with Gasteiger partial charge >= 0.3 is 0 Å². The molecule has 122 valence electrons. The van der Waals surface area contributed by atoms with E-state index in [0.717, 1.165) is 0 Å². The van der Waals surface area contributed by atoms with Crippen molar-refractivity contribution in [2.45, 2.75) is 50.7 Å². The molecule has 1 aromatic rings. The molecule has 0 bridgehead atoms. The van der Waals surface area contributed by atoms with E-state index >= 15 is 0 Å². The zero-order valence-electron chi connectivity index (χ0n) is 13.0. The molecule has 0 saturated heterocycles. The fourth-order valence-electron chi connectivity index (χ4n) is 1.78. The third-order valence-corrected chi connectivity index (χ3v) is 5.15. The van der Waals surface area contributed by atoms with Gasteiger partial charge in [0.1, 0.15) is 10.7 Å². The second-order valence-corrected chi connectivity index (χ2v) is 8.18. The number of hydrogen-bond acceptors (Lipinski definition) is 5. The lowest BCUT2D eigenvalue weighted by Crippen LogP contribution is -2.46. The second-order valence-electron chi connectivity index (χ2n) is 5.81. The second kappa shape index (κ2) is 7.23. The highest BCUT2D eigenvalue weighted by Crippen LogP contribution is 2.27. The van der Waals surface area contributed by atoms with Gasteiger partial charge in [-0.3, -0.25) is 0 Å². The largest absolute Gasteiger partial charge is 0.452 e. The molecule has 6 nitrogen and oxygen atoms in total. The van der Waals surface area contributed by atoms with Crippen LogP contribution in [-0.2, 0) is 21.3 Å². The molecule has 21 heavy (non-hydrogen) atoms. The smallest absolute Gasteiger partial charge is 0.245 e. The van der Waals surface area contributed by atoms with Crippen LogP contribution < -0.4 is 10.0 Å². The summed E-state index contributed by atoms with van der Waals surface area (Å²) in [7, 11) is -2.16. The summed E-state index contributed by atoms with van der Waals surface area (Å²) in [4.78, 5) is 0.0900. The predicted octanol–water partition coefficient (Wildman–Crippen LogP) is 2.24. The van der Waals surface area contributed by atoms with E-state index in [1.165, 1.54) is 13.2 Å². The first-order valence-electron chi connectivity index (χ1n) is 6.62. The molecule has 1 aromatic heterocycles. The van der Waals surface area contributed by atoms with Crippen molar-refractivity contribution in [2.75, 3.05) is 13.7 Å². The van der Waals surface area contributed by atoms with E-state index in [-0.39, 0.29) is 22.2 Å². The first-order valence-corrected chi connectivity index (χ1v) is 8.89. The van der Waals surface area contributed by atoms with Gasteiger partial charge in [0.2, 0.25) is 10.0 Å². The maximum atomic E-state index is 12.4. The molecule has 1 heterocycles. The third kappa shape index (κ3) is 5.71. The Bertz CT molecular complexity index is 567. The molecule has 0 unspecified atom stereocenters. The Balaban J connectivity index is 2.93. The van der Waals surface area contributed by atoms with Gasteiger partial charge in [0.05, 0.1) is 18.7 Å². The Labute approximate surface area is 134 Å². The summed E-state index contributed by atoms with van der Waals surface area (Å²) >= 11 is 3.16. The van der Waals surface area contributed by atoms with Crippen LogP contribution in [0.1, 0.15) is 33.5 Å². The van der Waals surface area contributed by atoms with Crippen molar-refractivity contribution in [3.63, 3.8) is 0 Å². The van der Waals surface area contributed by atoms with Gasteiger partial charge in [-0.15, -0.1) is 0 Å². The first kappa shape index (κ1) is 18.6. The van der Waals surface area contributed by atoms with Crippen LogP contribution in [0.3, 0.4) is 0 Å². The number of sulfonamides is 1. The molecule has 1 rings (SSSR count). The zero-order valence-corrected chi connectivity index (χ0v) is 15.4. The summed E-state index contributed by atoms with van der Waals surface area (Å²) in [5.74, 6) is 0.556. The van der Waals surface area contributed by atoms with E-state index in [1.807, 2.05) is 13.8 Å². The van der Waals surface area contributed by atoms with E-state index in [1.54, 1.807) is 13.8 Å². The van der Waals surface area contributed by atoms with Crippen molar-refractivity contribution in [3.8, 4) is 0 Å². The maximum absolute atomic E-state index is 12.4. The van der Waals surface area contributed by atoms with E-state index in [9.17, 15) is 8.42 Å². The van der Waals surface area contributed by atoms with Crippen molar-refractivity contribution < 1.29 is 17.6 Å². The van der Waals surface area contributed by atoms with Crippen molar-refractivity contribution in [1.29, 1.82) is 0 Å². The topological polar surface area (TPSA) is 80.6 Å². The molecule has 0 aliphatic heterocycles. The molecule has 0 radical (unpaired) electrons. The fourth-order valence-corrected chi connectivity index (χ4v) is 4.18. The highest BCUT2D eigenvalue weighted by molar-refractivity contribution is 9.10. The molecular weight excluding hydrogens is 360 g/mol. The average Bonchev–Trinajstić information content (AvgIpc) is 2.67. The van der Waals surface area contributed by atoms with Crippen LogP contribution in [0.5, 0.6) is 0 Å². The van der Waals surface area contributed by atoms with Crippen molar-refractivity contribution in [1.82, 2.24) is 10.0 Å². The Morgan fingerprint density at radius 2 is 2.05 bits per heavy atom. The number of hydrogen-bond donors (Lipinski definition) is 2. The van der Waals surface area contributed by atoms with Crippen LogP contribution >= 0.6 is 15.9 Å². The van der Waals surface area contributed by atoms with Crippen molar-refractivity contribution in [2.24, 2.45) is 0 Å². The molecular formula is C13H23BrN2O4S. The average molecular weight is 383 g/mol. The van der Waals surface area contributed by atoms with Crippen LogP contribution in [0.15, 0.2) is 20.0 Å². The molecule has 0 spiro atoms. The van der Waals surface area contributed by atoms with Gasteiger partial charge < -0.3 is 14.5 Å². The Kier molecular flexibility index (Phi) is 6.42. The Morgan fingerprint density at radius 1 is 1.43 bits per heavy atom. The number of rotatable bonds is 8. The van der Waals surface area contributed by atoms with Crippen LogP contribution in [0.4, 0.5) is 0 Å². The third-order valence-electron chi connectivity index (χ3n) is 2.60. The molecule has 0 aliphatic rings. The summed E-state index contributed by atoms with van der Waals surface area (Å²) in [5.41, 5.74) is -0.708. The van der Waals surface area contributed by atoms with Crippen LogP contribution in [0.2, 0.25) is 0 Å². The minimum absolute atomic E-state index is 0.0900. The Morgan fingerprint density at radius 3 is 2.57 bits per heavy atom. The van der Waals surface area contributed by atoms with E-state index in [4.69, 9.17) is 9.15 Å². The fraction of sp³-hybridized carbons (Fsp3) is 0.692. The normalized spacial score (nSPS) is 13.1. The highest BCUT2D eigenvalue weighted by Gasteiger charge is 2.29. The summed E-state index contributed by atoms with van der Waals surface area (Å²) < 4.78 is 38.1. The first-order chi connectivity index (χ1) is 9.57. The van der Waals surface area contributed by atoms with E-state index in [0.29, 0.717) is 12.3 Å². The lowest BCUT2D eigenvalue weighted by atomic mass is 10.1. The molecule has 0 fully saturated rings. The minimum atomic E-state index is -3.69. The van der Waals surface area contributed by atoms with Gasteiger partial charge in [-0.05, 0) is 29.8 Å². The van der Waals surface area contributed by atoms with E-state index < -0.39 is 15.6 Å². The predicted molar refractivity (Wildman–Crippen MR) is 84.7 cm³/mol. The summed E-state index contributed by atoms with van der Waals surface area (Å²) in [6.07, 6.45) is 0. The molecule has 0 saturated carbocycles. The molecule has 8 heteroatoms. The minimum Gasteiger partial charge on any atom is -0.452 e. The zero-order chi connectivity index (χ0) is 16.3. The molecule has 0 amide bonds. The quantitative estimate of drug-likeness (QED) is 0.720. The highest BCUT2D eigenvalue weighted by atomic mass is 79.9. The van der Waals surface area contributed by atoms with Gasteiger partial charge in [0.25, 0.3) is 0 Å².